The van der Waals surface area contributed by atoms with Crippen LogP contribution in [0, 0.1) is 5.92 Å². The molecule has 0 aliphatic carbocycles. The molecule has 1 aliphatic rings. The second-order valence-electron chi connectivity index (χ2n) is 6.16. The number of likely N-dealkylation sites (tertiary alicyclic amines) is 1. The molecule has 2 aromatic rings. The smallest absolute Gasteiger partial charge is 0.253 e. The Morgan fingerprint density at radius 2 is 1.58 bits per heavy atom. The van der Waals surface area contributed by atoms with Gasteiger partial charge in [0.25, 0.3) is 5.91 Å². The Balaban J connectivity index is 1.77. The van der Waals surface area contributed by atoms with Gasteiger partial charge in [0.1, 0.15) is 0 Å². The molecule has 2 atom stereocenters. The molecule has 2 aromatic carbocycles. The number of primary amides is 1. The molecular weight excluding hydrogens is 302 g/mol. The third kappa shape index (κ3) is 3.16. The van der Waals surface area contributed by atoms with Gasteiger partial charge < -0.3 is 16.4 Å². The van der Waals surface area contributed by atoms with Crippen molar-refractivity contribution in [3.05, 3.63) is 71.3 Å². The summed E-state index contributed by atoms with van der Waals surface area (Å²) in [6.45, 7) is 1.85. The Hall–Kier alpha value is -2.66. The third-order valence-corrected chi connectivity index (χ3v) is 4.68. The molecule has 0 aromatic heterocycles. The monoisotopic (exact) mass is 323 g/mol. The summed E-state index contributed by atoms with van der Waals surface area (Å²) < 4.78 is 0. The quantitative estimate of drug-likeness (QED) is 0.895. The Bertz CT molecular complexity index is 728. The average Bonchev–Trinajstić information content (AvgIpc) is 3.06. The number of hydrogen-bond donors (Lipinski definition) is 2. The van der Waals surface area contributed by atoms with Gasteiger partial charge in [-0.2, -0.15) is 0 Å². The number of carbonyl (C=O) groups excluding carboxylic acids is 2. The zero-order chi connectivity index (χ0) is 17.1. The van der Waals surface area contributed by atoms with E-state index in [1.54, 1.807) is 24.3 Å². The van der Waals surface area contributed by atoms with Gasteiger partial charge in [-0.3, -0.25) is 9.59 Å². The maximum atomic E-state index is 12.7. The number of nitrogens with zero attached hydrogens (tertiary/aromatic N) is 1. The summed E-state index contributed by atoms with van der Waals surface area (Å²) in [5, 5.41) is 0. The van der Waals surface area contributed by atoms with Crippen molar-refractivity contribution in [2.75, 3.05) is 19.6 Å². The number of rotatable bonds is 4. The first-order valence-electron chi connectivity index (χ1n) is 8.04. The van der Waals surface area contributed by atoms with Crippen LogP contribution in [0.3, 0.4) is 0 Å². The highest BCUT2D eigenvalue weighted by Gasteiger charge is 2.35. The summed E-state index contributed by atoms with van der Waals surface area (Å²) in [7, 11) is 0. The maximum Gasteiger partial charge on any atom is 0.253 e. The first-order valence-corrected chi connectivity index (χ1v) is 8.04. The van der Waals surface area contributed by atoms with Gasteiger partial charge in [-0.25, -0.2) is 0 Å². The van der Waals surface area contributed by atoms with Crippen LogP contribution in [0.2, 0.25) is 0 Å². The van der Waals surface area contributed by atoms with Crippen LogP contribution in [0.5, 0.6) is 0 Å². The molecule has 5 heteroatoms. The Kier molecular flexibility index (Phi) is 4.62. The maximum absolute atomic E-state index is 12.7. The van der Waals surface area contributed by atoms with E-state index in [1.807, 2.05) is 23.1 Å². The Morgan fingerprint density at radius 3 is 2.17 bits per heavy atom. The predicted octanol–water partition coefficient (Wildman–Crippen LogP) is 1.60. The SMILES string of the molecule is NC[C@@H]1CN(C(=O)c2ccc(C(N)=O)cc2)C[C@H]1c1ccccc1. The minimum atomic E-state index is -0.498. The summed E-state index contributed by atoms with van der Waals surface area (Å²) in [6, 6.07) is 16.6. The van der Waals surface area contributed by atoms with E-state index >= 15 is 0 Å². The second-order valence-corrected chi connectivity index (χ2v) is 6.16. The normalized spacial score (nSPS) is 20.1. The van der Waals surface area contributed by atoms with Crippen LogP contribution >= 0.6 is 0 Å². The molecular formula is C19H21N3O2. The predicted molar refractivity (Wildman–Crippen MR) is 92.6 cm³/mol. The van der Waals surface area contributed by atoms with Gasteiger partial charge in [-0.05, 0) is 42.3 Å². The zero-order valence-electron chi connectivity index (χ0n) is 13.4. The van der Waals surface area contributed by atoms with Crippen LogP contribution in [-0.4, -0.2) is 36.3 Å². The standard InChI is InChI=1S/C19H21N3O2/c20-10-16-11-22(12-17(16)13-4-2-1-3-5-13)19(24)15-8-6-14(7-9-15)18(21)23/h1-9,16-17H,10-12,20H2,(H2,21,23)/t16-,17+/m1/s1. The molecule has 1 heterocycles. The topological polar surface area (TPSA) is 89.4 Å². The van der Waals surface area contributed by atoms with Gasteiger partial charge in [-0.1, -0.05) is 30.3 Å². The van der Waals surface area contributed by atoms with E-state index in [0.29, 0.717) is 30.8 Å². The first kappa shape index (κ1) is 16.2. The summed E-state index contributed by atoms with van der Waals surface area (Å²) in [5.41, 5.74) is 13.3. The summed E-state index contributed by atoms with van der Waals surface area (Å²) >= 11 is 0. The summed E-state index contributed by atoms with van der Waals surface area (Å²) in [5.74, 6) is -0.0308. The van der Waals surface area contributed by atoms with Crippen molar-refractivity contribution >= 4 is 11.8 Å². The molecule has 3 rings (SSSR count). The van der Waals surface area contributed by atoms with Crippen molar-refractivity contribution in [3.63, 3.8) is 0 Å². The van der Waals surface area contributed by atoms with Crippen molar-refractivity contribution < 1.29 is 9.59 Å². The first-order chi connectivity index (χ1) is 11.6. The highest BCUT2D eigenvalue weighted by atomic mass is 16.2. The van der Waals surface area contributed by atoms with Crippen molar-refractivity contribution in [1.29, 1.82) is 0 Å². The van der Waals surface area contributed by atoms with Crippen molar-refractivity contribution in [2.45, 2.75) is 5.92 Å². The van der Waals surface area contributed by atoms with Crippen LogP contribution in [0.4, 0.5) is 0 Å². The van der Waals surface area contributed by atoms with E-state index in [1.165, 1.54) is 5.56 Å². The molecule has 0 unspecified atom stereocenters. The number of amides is 2. The fourth-order valence-electron chi connectivity index (χ4n) is 3.31. The van der Waals surface area contributed by atoms with E-state index in [9.17, 15) is 9.59 Å². The van der Waals surface area contributed by atoms with Crippen LogP contribution in [0.15, 0.2) is 54.6 Å². The average molecular weight is 323 g/mol. The van der Waals surface area contributed by atoms with Gasteiger partial charge in [0.15, 0.2) is 0 Å². The molecule has 1 saturated heterocycles. The van der Waals surface area contributed by atoms with Gasteiger partial charge in [0.2, 0.25) is 5.91 Å². The second kappa shape index (κ2) is 6.84. The lowest BCUT2D eigenvalue weighted by molar-refractivity contribution is 0.0786. The third-order valence-electron chi connectivity index (χ3n) is 4.68. The molecule has 24 heavy (non-hydrogen) atoms. The van der Waals surface area contributed by atoms with Crippen LogP contribution in [-0.2, 0) is 0 Å². The Morgan fingerprint density at radius 1 is 0.958 bits per heavy atom. The lowest BCUT2D eigenvalue weighted by Crippen LogP contribution is -2.29. The minimum Gasteiger partial charge on any atom is -0.366 e. The molecule has 124 valence electrons. The van der Waals surface area contributed by atoms with Crippen molar-refractivity contribution in [3.8, 4) is 0 Å². The van der Waals surface area contributed by atoms with Gasteiger partial charge >= 0.3 is 0 Å². The molecule has 0 spiro atoms. The van der Waals surface area contributed by atoms with Crippen molar-refractivity contribution in [1.82, 2.24) is 4.90 Å². The van der Waals surface area contributed by atoms with Gasteiger partial charge in [0.05, 0.1) is 0 Å². The molecule has 4 N–H and O–H groups in total. The summed E-state index contributed by atoms with van der Waals surface area (Å²) in [6.07, 6.45) is 0. The molecule has 5 nitrogen and oxygen atoms in total. The van der Waals surface area contributed by atoms with E-state index < -0.39 is 5.91 Å². The number of nitrogens with two attached hydrogens (primary N) is 2. The highest BCUT2D eigenvalue weighted by molar-refractivity contribution is 5.97. The van der Waals surface area contributed by atoms with E-state index in [4.69, 9.17) is 11.5 Å². The van der Waals surface area contributed by atoms with Crippen molar-refractivity contribution in [2.24, 2.45) is 17.4 Å². The van der Waals surface area contributed by atoms with E-state index in [-0.39, 0.29) is 17.7 Å². The van der Waals surface area contributed by atoms with Gasteiger partial charge in [-0.15, -0.1) is 0 Å². The Labute approximate surface area is 141 Å². The van der Waals surface area contributed by atoms with E-state index in [2.05, 4.69) is 12.1 Å². The van der Waals surface area contributed by atoms with Crippen LogP contribution in [0.1, 0.15) is 32.2 Å². The lowest BCUT2D eigenvalue weighted by Gasteiger charge is -2.17. The molecule has 1 aliphatic heterocycles. The number of hydrogen-bond acceptors (Lipinski definition) is 3. The molecule has 0 radical (unpaired) electrons. The van der Waals surface area contributed by atoms with Gasteiger partial charge in [0, 0.05) is 30.1 Å². The molecule has 1 fully saturated rings. The fraction of sp³-hybridized carbons (Fsp3) is 0.263. The number of benzene rings is 2. The fourth-order valence-corrected chi connectivity index (χ4v) is 3.31. The summed E-state index contributed by atoms with van der Waals surface area (Å²) in [4.78, 5) is 25.7. The minimum absolute atomic E-state index is 0.0390. The van der Waals surface area contributed by atoms with Crippen LogP contribution < -0.4 is 11.5 Å². The van der Waals surface area contributed by atoms with E-state index in [0.717, 1.165) is 0 Å². The lowest BCUT2D eigenvalue weighted by atomic mass is 9.89. The zero-order valence-corrected chi connectivity index (χ0v) is 13.4. The molecule has 0 saturated carbocycles. The number of carbonyl (C=O) groups is 2. The van der Waals surface area contributed by atoms with Crippen LogP contribution in [0.25, 0.3) is 0 Å². The largest absolute Gasteiger partial charge is 0.366 e. The molecule has 2 amide bonds. The highest BCUT2D eigenvalue weighted by Crippen LogP contribution is 2.32. The molecule has 0 bridgehead atoms.